The Morgan fingerprint density at radius 2 is 1.78 bits per heavy atom. The Kier molecular flexibility index (Phi) is 9.72. The van der Waals surface area contributed by atoms with E-state index < -0.39 is 46.8 Å². The Balaban J connectivity index is 1.17. The molecule has 1 saturated heterocycles. The minimum atomic E-state index is -4.81. The molecule has 3 aromatic carbocycles. The van der Waals surface area contributed by atoms with E-state index >= 15 is 0 Å². The third-order valence-electron chi connectivity index (χ3n) is 6.99. The number of nitrogens with zero attached hydrogens (tertiary/aromatic N) is 3. The molecule has 5 rings (SSSR count). The molecule has 1 aromatic heterocycles. The van der Waals surface area contributed by atoms with Gasteiger partial charge in [-0.15, -0.1) is 24.9 Å². The van der Waals surface area contributed by atoms with Crippen molar-refractivity contribution in [2.75, 3.05) is 18.5 Å². The molecule has 15 heteroatoms. The van der Waals surface area contributed by atoms with Gasteiger partial charge >= 0.3 is 6.36 Å². The molecule has 238 valence electrons. The highest BCUT2D eigenvalue weighted by molar-refractivity contribution is 8.00. The van der Waals surface area contributed by atoms with Crippen molar-refractivity contribution in [2.45, 2.75) is 42.2 Å². The molecule has 0 saturated carbocycles. The summed E-state index contributed by atoms with van der Waals surface area (Å²) in [6.07, 6.45) is -2.85. The van der Waals surface area contributed by atoms with Gasteiger partial charge in [-0.2, -0.15) is 5.10 Å². The Bertz CT molecular complexity index is 1580. The number of alkyl halides is 3. The number of thioether (sulfide) groups is 1. The number of anilines is 1. The lowest BCUT2D eigenvalue weighted by atomic mass is 9.90. The number of hydrogen-bond donors (Lipinski definition) is 2. The number of carbonyl (C=O) groups is 1. The summed E-state index contributed by atoms with van der Waals surface area (Å²) in [5.74, 6) is -2.52. The van der Waals surface area contributed by atoms with E-state index in [9.17, 15) is 31.9 Å². The molecule has 1 fully saturated rings. The van der Waals surface area contributed by atoms with Crippen molar-refractivity contribution in [1.82, 2.24) is 14.8 Å². The highest BCUT2D eigenvalue weighted by atomic mass is 32.2. The van der Waals surface area contributed by atoms with E-state index in [1.165, 1.54) is 47.3 Å². The number of rotatable bonds is 10. The highest BCUT2D eigenvalue weighted by Crippen LogP contribution is 2.39. The maximum Gasteiger partial charge on any atom is 0.573 e. The summed E-state index contributed by atoms with van der Waals surface area (Å²) < 4.78 is 82.5. The van der Waals surface area contributed by atoms with Gasteiger partial charge in [0, 0.05) is 33.7 Å². The Morgan fingerprint density at radius 1 is 1.09 bits per heavy atom. The van der Waals surface area contributed by atoms with Crippen LogP contribution in [0.2, 0.25) is 0 Å². The number of benzene rings is 3. The molecule has 0 radical (unpaired) electrons. The Labute approximate surface area is 258 Å². The second-order valence-electron chi connectivity index (χ2n) is 10.2. The van der Waals surface area contributed by atoms with Gasteiger partial charge in [-0.3, -0.25) is 4.79 Å². The molecule has 4 aromatic rings. The summed E-state index contributed by atoms with van der Waals surface area (Å²) in [5, 5.41) is 17.5. The molecule has 1 aliphatic heterocycles. The number of carbonyl (C=O) groups excluding carboxylic acids is 1. The first-order valence-electron chi connectivity index (χ1n) is 13.6. The van der Waals surface area contributed by atoms with E-state index in [4.69, 9.17) is 9.47 Å². The summed E-state index contributed by atoms with van der Waals surface area (Å²) in [7, 11) is 0. The number of aromatic nitrogens is 3. The molecule has 0 aliphatic carbocycles. The molecule has 45 heavy (non-hydrogen) atoms. The van der Waals surface area contributed by atoms with Gasteiger partial charge in [-0.25, -0.2) is 18.4 Å². The van der Waals surface area contributed by atoms with Crippen molar-refractivity contribution in [3.05, 3.63) is 108 Å². The predicted molar refractivity (Wildman–Crippen MR) is 153 cm³/mol. The van der Waals surface area contributed by atoms with Crippen LogP contribution in [-0.4, -0.2) is 55.9 Å². The summed E-state index contributed by atoms with van der Waals surface area (Å²) >= 11 is 1.33. The lowest BCUT2D eigenvalue weighted by Gasteiger charge is -2.37. The lowest BCUT2D eigenvalue weighted by Crippen LogP contribution is -2.43. The van der Waals surface area contributed by atoms with Crippen molar-refractivity contribution in [3.8, 4) is 5.75 Å². The van der Waals surface area contributed by atoms with Crippen molar-refractivity contribution >= 4 is 23.4 Å². The summed E-state index contributed by atoms with van der Waals surface area (Å²) in [4.78, 5) is 16.5. The van der Waals surface area contributed by atoms with E-state index in [1.807, 2.05) is 0 Å². The van der Waals surface area contributed by atoms with Crippen molar-refractivity contribution < 1.29 is 46.1 Å². The molecule has 1 aliphatic rings. The van der Waals surface area contributed by atoms with E-state index in [0.717, 1.165) is 24.3 Å². The topological polar surface area (TPSA) is 108 Å². The van der Waals surface area contributed by atoms with Crippen LogP contribution in [0.4, 0.5) is 27.6 Å². The molecule has 1 amide bonds. The monoisotopic (exact) mass is 650 g/mol. The standard InChI is InChI=1S/C30H27F5N4O5S/c1-18(29(41,15-39-17-36-16-37-39)25-11-6-21(31)12-26(25)32)45-24-13-42-28(43-14-24)20-4-2-19(3-5-20)27(40)38-22-7-9-23(10-8-22)44-30(33,34)35/h2-12,16-18,24,28,41H,13-15H2,1H3,(H,38,40)/t18-,24-,28-,29-/m1/s1. The van der Waals surface area contributed by atoms with Gasteiger partial charge in [0.2, 0.25) is 0 Å². The SMILES string of the molecule is C[C@@H](S[C@H]1CO[C@H](c2ccc(C(=O)Nc3ccc(OC(F)(F)F)cc3)cc2)OC1)[C@](O)(Cn1cncn1)c1ccc(F)cc1F. The van der Waals surface area contributed by atoms with Gasteiger partial charge in [0.1, 0.15) is 35.6 Å². The predicted octanol–water partition coefficient (Wildman–Crippen LogP) is 5.83. The van der Waals surface area contributed by atoms with Crippen molar-refractivity contribution in [2.24, 2.45) is 0 Å². The minimum Gasteiger partial charge on any atom is -0.406 e. The molecule has 2 heterocycles. The van der Waals surface area contributed by atoms with Crippen LogP contribution >= 0.6 is 11.8 Å². The number of hydrogen-bond acceptors (Lipinski definition) is 8. The van der Waals surface area contributed by atoms with Crippen LogP contribution in [0, 0.1) is 11.6 Å². The normalized spacial score (nSPS) is 19.0. The third-order valence-corrected chi connectivity index (χ3v) is 8.45. The second kappa shape index (κ2) is 13.5. The van der Waals surface area contributed by atoms with Crippen LogP contribution in [0.15, 0.2) is 79.4 Å². The third kappa shape index (κ3) is 8.16. The molecular formula is C30H27F5N4O5S. The van der Waals surface area contributed by atoms with Crippen LogP contribution in [0.5, 0.6) is 5.75 Å². The second-order valence-corrected chi connectivity index (χ2v) is 11.8. The molecular weight excluding hydrogens is 623 g/mol. The highest BCUT2D eigenvalue weighted by Gasteiger charge is 2.41. The van der Waals surface area contributed by atoms with Gasteiger partial charge in [0.15, 0.2) is 6.29 Å². The fourth-order valence-electron chi connectivity index (χ4n) is 4.73. The maximum atomic E-state index is 14.8. The smallest absolute Gasteiger partial charge is 0.406 e. The molecule has 0 spiro atoms. The fourth-order valence-corrected chi connectivity index (χ4v) is 6.05. The van der Waals surface area contributed by atoms with Gasteiger partial charge in [-0.05, 0) is 42.5 Å². The van der Waals surface area contributed by atoms with E-state index in [-0.39, 0.29) is 36.3 Å². The largest absolute Gasteiger partial charge is 0.573 e. The van der Waals surface area contributed by atoms with Crippen molar-refractivity contribution in [3.63, 3.8) is 0 Å². The first-order chi connectivity index (χ1) is 21.4. The van der Waals surface area contributed by atoms with Crippen LogP contribution in [-0.2, 0) is 21.6 Å². The van der Waals surface area contributed by atoms with Crippen LogP contribution < -0.4 is 10.1 Å². The zero-order valence-electron chi connectivity index (χ0n) is 23.6. The quantitative estimate of drug-likeness (QED) is 0.207. The van der Waals surface area contributed by atoms with Gasteiger partial charge in [-0.1, -0.05) is 25.1 Å². The molecule has 2 atom stereocenters. The van der Waals surface area contributed by atoms with Crippen LogP contribution in [0.3, 0.4) is 0 Å². The maximum absolute atomic E-state index is 14.8. The summed E-state index contributed by atoms with van der Waals surface area (Å²) in [5.41, 5.74) is -0.625. The lowest BCUT2D eigenvalue weighted by molar-refractivity contribution is -0.274. The number of nitrogens with one attached hydrogen (secondary N) is 1. The van der Waals surface area contributed by atoms with E-state index in [2.05, 4.69) is 20.1 Å². The number of amides is 1. The zero-order valence-corrected chi connectivity index (χ0v) is 24.4. The fraction of sp³-hybridized carbons (Fsp3) is 0.300. The first-order valence-corrected chi connectivity index (χ1v) is 14.5. The molecule has 0 unspecified atom stereocenters. The minimum absolute atomic E-state index is 0.0773. The average Bonchev–Trinajstić information content (AvgIpc) is 3.50. The molecule has 2 N–H and O–H groups in total. The summed E-state index contributed by atoms with van der Waals surface area (Å²) in [6.45, 7) is 2.08. The number of aliphatic hydroxyl groups is 1. The Morgan fingerprint density at radius 3 is 2.38 bits per heavy atom. The van der Waals surface area contributed by atoms with Crippen molar-refractivity contribution in [1.29, 1.82) is 0 Å². The van der Waals surface area contributed by atoms with Crippen LogP contribution in [0.25, 0.3) is 0 Å². The van der Waals surface area contributed by atoms with E-state index in [1.54, 1.807) is 31.2 Å². The van der Waals surface area contributed by atoms with Gasteiger partial charge in [0.25, 0.3) is 5.91 Å². The number of halogens is 5. The van der Waals surface area contributed by atoms with Crippen LogP contribution in [0.1, 0.15) is 34.7 Å². The first kappa shape index (κ1) is 32.3. The number of ether oxygens (including phenoxy) is 3. The van der Waals surface area contributed by atoms with Gasteiger partial charge in [0.05, 0.1) is 25.0 Å². The Hall–Kier alpha value is -4.05. The average molecular weight is 651 g/mol. The van der Waals surface area contributed by atoms with E-state index in [0.29, 0.717) is 11.1 Å². The summed E-state index contributed by atoms with van der Waals surface area (Å²) in [6, 6.07) is 14.2. The zero-order chi connectivity index (χ0) is 32.2. The van der Waals surface area contributed by atoms with Gasteiger partial charge < -0.3 is 24.6 Å². The molecule has 9 nitrogen and oxygen atoms in total. The molecule has 0 bridgehead atoms.